The van der Waals surface area contributed by atoms with E-state index in [1.807, 2.05) is 0 Å². The molecule has 4 nitrogen and oxygen atoms in total. The molecule has 0 atom stereocenters. The lowest BCUT2D eigenvalue weighted by molar-refractivity contribution is 0.297. The molecule has 0 N–H and O–H groups in total. The molecule has 2 rings (SSSR count). The molecular formula is C12H7ClFN3O. The molecule has 1 heterocycles. The largest absolute Gasteiger partial charge is 0.486 e. The van der Waals surface area contributed by atoms with Crippen molar-refractivity contribution >= 4 is 11.6 Å². The van der Waals surface area contributed by atoms with E-state index in [1.54, 1.807) is 18.2 Å². The number of nitriles is 1. The number of benzene rings is 1. The molecule has 0 aliphatic heterocycles. The van der Waals surface area contributed by atoms with Gasteiger partial charge in [-0.05, 0) is 24.3 Å². The Hall–Kier alpha value is -2.19. The molecule has 0 saturated heterocycles. The summed E-state index contributed by atoms with van der Waals surface area (Å²) in [6.45, 7) is 0.0856. The molecule has 2 aromatic rings. The van der Waals surface area contributed by atoms with Crippen molar-refractivity contribution in [2.24, 2.45) is 0 Å². The maximum absolute atomic E-state index is 13.3. The first-order chi connectivity index (χ1) is 8.70. The van der Waals surface area contributed by atoms with E-state index in [0.717, 1.165) is 0 Å². The number of nitrogens with zero attached hydrogens (tertiary/aromatic N) is 3. The van der Waals surface area contributed by atoms with E-state index in [9.17, 15) is 4.39 Å². The van der Waals surface area contributed by atoms with E-state index in [1.165, 1.54) is 18.2 Å². The lowest BCUT2D eigenvalue weighted by Gasteiger charge is -2.07. The van der Waals surface area contributed by atoms with E-state index >= 15 is 0 Å². The molecule has 18 heavy (non-hydrogen) atoms. The molecule has 0 aliphatic carbocycles. The standard InChI is InChI=1S/C12H7ClFN3O/c13-12-5-4-8(16-17-12)7-18-11-3-1-2-10(14)9(11)6-15/h1-5H,7H2. The van der Waals surface area contributed by atoms with Crippen LogP contribution in [0.15, 0.2) is 30.3 Å². The van der Waals surface area contributed by atoms with Gasteiger partial charge in [0.05, 0.1) is 0 Å². The summed E-state index contributed by atoms with van der Waals surface area (Å²) in [6.07, 6.45) is 0. The van der Waals surface area contributed by atoms with Gasteiger partial charge in [0.15, 0.2) is 5.15 Å². The molecule has 1 aromatic carbocycles. The molecule has 0 radical (unpaired) electrons. The molecule has 0 spiro atoms. The quantitative estimate of drug-likeness (QED) is 0.854. The summed E-state index contributed by atoms with van der Waals surface area (Å²) >= 11 is 5.59. The fourth-order valence-corrected chi connectivity index (χ4v) is 1.41. The first kappa shape index (κ1) is 12.3. The molecule has 0 unspecified atom stereocenters. The summed E-state index contributed by atoms with van der Waals surface area (Å²) in [5.74, 6) is -0.438. The van der Waals surface area contributed by atoms with E-state index in [0.29, 0.717) is 5.69 Å². The number of rotatable bonds is 3. The van der Waals surface area contributed by atoms with Crippen molar-refractivity contribution in [3.05, 3.63) is 52.6 Å². The minimum atomic E-state index is -0.614. The number of ether oxygens (including phenoxy) is 1. The van der Waals surface area contributed by atoms with Crippen LogP contribution in [0.5, 0.6) is 5.75 Å². The SMILES string of the molecule is N#Cc1c(F)cccc1OCc1ccc(Cl)nn1. The zero-order valence-corrected chi connectivity index (χ0v) is 9.86. The highest BCUT2D eigenvalue weighted by atomic mass is 35.5. The van der Waals surface area contributed by atoms with Gasteiger partial charge in [-0.3, -0.25) is 0 Å². The van der Waals surface area contributed by atoms with Crippen LogP contribution in [0.2, 0.25) is 5.15 Å². The summed E-state index contributed by atoms with van der Waals surface area (Å²) in [5, 5.41) is 16.5. The minimum Gasteiger partial charge on any atom is -0.486 e. The van der Waals surface area contributed by atoms with Gasteiger partial charge < -0.3 is 4.74 Å². The molecule has 1 aromatic heterocycles. The van der Waals surface area contributed by atoms with Crippen molar-refractivity contribution < 1.29 is 9.13 Å². The monoisotopic (exact) mass is 263 g/mol. The molecular weight excluding hydrogens is 257 g/mol. The first-order valence-electron chi connectivity index (χ1n) is 5.00. The van der Waals surface area contributed by atoms with Gasteiger partial charge in [0.2, 0.25) is 0 Å². The Bertz CT molecular complexity index is 595. The van der Waals surface area contributed by atoms with Crippen molar-refractivity contribution in [3.63, 3.8) is 0 Å². The summed E-state index contributed by atoms with van der Waals surface area (Å²) in [7, 11) is 0. The Kier molecular flexibility index (Phi) is 3.70. The Labute approximate surface area is 108 Å². The summed E-state index contributed by atoms with van der Waals surface area (Å²) in [5.41, 5.74) is 0.409. The fraction of sp³-hybridized carbons (Fsp3) is 0.0833. The second-order valence-corrected chi connectivity index (χ2v) is 3.75. The van der Waals surface area contributed by atoms with E-state index in [2.05, 4.69) is 10.2 Å². The van der Waals surface area contributed by atoms with Gasteiger partial charge in [-0.15, -0.1) is 5.10 Å². The summed E-state index contributed by atoms with van der Waals surface area (Å²) in [4.78, 5) is 0. The average molecular weight is 264 g/mol. The van der Waals surface area contributed by atoms with Crippen LogP contribution in [0.1, 0.15) is 11.3 Å². The van der Waals surface area contributed by atoms with Crippen LogP contribution in [-0.4, -0.2) is 10.2 Å². The van der Waals surface area contributed by atoms with Gasteiger partial charge in [0, 0.05) is 0 Å². The second-order valence-electron chi connectivity index (χ2n) is 3.36. The highest BCUT2D eigenvalue weighted by Crippen LogP contribution is 2.21. The number of aromatic nitrogens is 2. The maximum Gasteiger partial charge on any atom is 0.151 e. The van der Waals surface area contributed by atoms with Gasteiger partial charge in [0.1, 0.15) is 35.5 Å². The van der Waals surface area contributed by atoms with E-state index in [-0.39, 0.29) is 23.1 Å². The lowest BCUT2D eigenvalue weighted by Crippen LogP contribution is -2.01. The Balaban J connectivity index is 2.14. The fourth-order valence-electron chi connectivity index (χ4n) is 1.31. The van der Waals surface area contributed by atoms with Crippen molar-refractivity contribution in [2.45, 2.75) is 6.61 Å². The molecule has 6 heteroatoms. The topological polar surface area (TPSA) is 58.8 Å². The summed E-state index contributed by atoms with van der Waals surface area (Å²) < 4.78 is 18.6. The normalized spacial score (nSPS) is 9.83. The third-order valence-corrected chi connectivity index (χ3v) is 2.35. The molecule has 0 amide bonds. The van der Waals surface area contributed by atoms with Gasteiger partial charge in [0.25, 0.3) is 0 Å². The van der Waals surface area contributed by atoms with Gasteiger partial charge in [-0.25, -0.2) is 4.39 Å². The lowest BCUT2D eigenvalue weighted by atomic mass is 10.2. The number of hydrogen-bond donors (Lipinski definition) is 0. The zero-order valence-electron chi connectivity index (χ0n) is 9.10. The third-order valence-electron chi connectivity index (χ3n) is 2.15. The van der Waals surface area contributed by atoms with E-state index < -0.39 is 5.82 Å². The predicted octanol–water partition coefficient (Wildman–Crippen LogP) is 2.72. The first-order valence-corrected chi connectivity index (χ1v) is 5.38. The maximum atomic E-state index is 13.3. The smallest absolute Gasteiger partial charge is 0.151 e. The Morgan fingerprint density at radius 1 is 1.28 bits per heavy atom. The average Bonchev–Trinajstić information content (AvgIpc) is 2.38. The van der Waals surface area contributed by atoms with Crippen LogP contribution in [0.25, 0.3) is 0 Å². The van der Waals surface area contributed by atoms with Crippen LogP contribution in [-0.2, 0) is 6.61 Å². The van der Waals surface area contributed by atoms with Crippen molar-refractivity contribution in [1.82, 2.24) is 10.2 Å². The van der Waals surface area contributed by atoms with Crippen molar-refractivity contribution in [2.75, 3.05) is 0 Å². The molecule has 0 aliphatic rings. The number of halogens is 2. The number of hydrogen-bond acceptors (Lipinski definition) is 4. The van der Waals surface area contributed by atoms with Gasteiger partial charge in [-0.2, -0.15) is 10.4 Å². The van der Waals surface area contributed by atoms with E-state index in [4.69, 9.17) is 21.6 Å². The second kappa shape index (κ2) is 5.43. The third kappa shape index (κ3) is 2.73. The van der Waals surface area contributed by atoms with Crippen LogP contribution < -0.4 is 4.74 Å². The van der Waals surface area contributed by atoms with Gasteiger partial charge in [-0.1, -0.05) is 17.7 Å². The van der Waals surface area contributed by atoms with Crippen molar-refractivity contribution in [3.8, 4) is 11.8 Å². The summed E-state index contributed by atoms with van der Waals surface area (Å²) in [6, 6.07) is 9.16. The highest BCUT2D eigenvalue weighted by Gasteiger charge is 2.09. The molecule has 0 saturated carbocycles. The molecule has 0 bridgehead atoms. The van der Waals surface area contributed by atoms with Crippen LogP contribution in [0.3, 0.4) is 0 Å². The Morgan fingerprint density at radius 2 is 2.11 bits per heavy atom. The van der Waals surface area contributed by atoms with Crippen LogP contribution in [0.4, 0.5) is 4.39 Å². The highest BCUT2D eigenvalue weighted by molar-refractivity contribution is 6.29. The van der Waals surface area contributed by atoms with Crippen molar-refractivity contribution in [1.29, 1.82) is 5.26 Å². The molecule has 0 fully saturated rings. The Morgan fingerprint density at radius 3 is 2.78 bits per heavy atom. The van der Waals surface area contributed by atoms with Crippen LogP contribution >= 0.6 is 11.6 Å². The zero-order chi connectivity index (χ0) is 13.0. The van der Waals surface area contributed by atoms with Crippen LogP contribution in [0, 0.1) is 17.1 Å². The molecule has 90 valence electrons. The predicted molar refractivity (Wildman–Crippen MR) is 62.5 cm³/mol. The van der Waals surface area contributed by atoms with Gasteiger partial charge >= 0.3 is 0 Å². The minimum absolute atomic E-state index is 0.0856.